The number of hydrogen-bond acceptors (Lipinski definition) is 14. The summed E-state index contributed by atoms with van der Waals surface area (Å²) in [6.45, 7) is -4.04. The van der Waals surface area contributed by atoms with Crippen molar-refractivity contribution in [2.75, 3.05) is 39.3 Å². The Morgan fingerprint density at radius 3 is 1.33 bits per heavy atom. The molecule has 18 nitrogen and oxygen atoms in total. The number of nitrogens with zero attached hydrogens (tertiary/aromatic N) is 2. The number of carbonyl (C=O) groups is 4. The van der Waals surface area contributed by atoms with E-state index in [1.165, 1.54) is 0 Å². The molecule has 2 amide bonds. The number of carboxylic acid groups (broad SMARTS) is 2. The Bertz CT molecular complexity index is 1660. The molecule has 10 N–H and O–H groups in total. The van der Waals surface area contributed by atoms with E-state index in [0.29, 0.717) is 50.1 Å². The first kappa shape index (κ1) is 40.6. The second-order valence-corrected chi connectivity index (χ2v) is 13.9. The number of aromatic carboxylic acids is 2. The number of carbonyl (C=O) groups excluding carboxylic acids is 2. The number of fused-ring (bicyclic) bond motifs is 6. The van der Waals surface area contributed by atoms with Gasteiger partial charge in [-0.05, 0) is 35.1 Å². The first-order chi connectivity index (χ1) is 23.5. The summed E-state index contributed by atoms with van der Waals surface area (Å²) in [4.78, 5) is 48.8. The second kappa shape index (κ2) is 14.9. The van der Waals surface area contributed by atoms with Crippen LogP contribution < -0.4 is 89.4 Å². The molecule has 2 aliphatic carbocycles. The zero-order chi connectivity index (χ0) is 35.9. The molecule has 0 unspecified atom stereocenters. The van der Waals surface area contributed by atoms with Crippen molar-refractivity contribution in [2.24, 2.45) is 11.5 Å². The first-order valence-electron chi connectivity index (χ1n) is 16.2. The minimum absolute atomic E-state index is 0. The quantitative estimate of drug-likeness (QED) is 0.105. The van der Waals surface area contributed by atoms with Gasteiger partial charge in [0.1, 0.15) is 34.8 Å². The molecule has 2 aromatic carbocycles. The molecule has 268 valence electrons. The van der Waals surface area contributed by atoms with Crippen LogP contribution in [0.15, 0.2) is 24.3 Å². The molecule has 0 aromatic heterocycles. The molecule has 2 aromatic rings. The van der Waals surface area contributed by atoms with Gasteiger partial charge in [-0.3, -0.25) is 19.4 Å². The molecular formula is C30H36B2N4Na2O14. The second-order valence-electron chi connectivity index (χ2n) is 13.9. The van der Waals surface area contributed by atoms with E-state index in [1.807, 2.05) is 0 Å². The average Bonchev–Trinajstić information content (AvgIpc) is 3.88. The van der Waals surface area contributed by atoms with Crippen molar-refractivity contribution in [3.05, 3.63) is 46.5 Å². The summed E-state index contributed by atoms with van der Waals surface area (Å²) in [6.07, 6.45) is 0.575. The van der Waals surface area contributed by atoms with E-state index in [9.17, 15) is 49.5 Å². The fourth-order valence-electron chi connectivity index (χ4n) is 7.48. The molecule has 2 saturated heterocycles. The van der Waals surface area contributed by atoms with Gasteiger partial charge in [-0.15, -0.1) is 0 Å². The molecule has 22 heteroatoms. The summed E-state index contributed by atoms with van der Waals surface area (Å²) in [5.41, 5.74) is 11.2. The maximum absolute atomic E-state index is 11.7. The molecule has 2 saturated carbocycles. The van der Waals surface area contributed by atoms with Gasteiger partial charge in [-0.1, -0.05) is 36.6 Å². The number of rotatable bonds is 10. The monoisotopic (exact) mass is 744 g/mol. The number of carboxylic acids is 2. The third-order valence-corrected chi connectivity index (χ3v) is 10.1. The Balaban J connectivity index is 0.000000194. The van der Waals surface area contributed by atoms with Gasteiger partial charge >= 0.3 is 84.6 Å². The number of likely N-dealkylation sites (tertiary alicyclic amines) is 2. The van der Waals surface area contributed by atoms with E-state index >= 15 is 0 Å². The van der Waals surface area contributed by atoms with Crippen LogP contribution >= 0.6 is 0 Å². The molecule has 6 aliphatic rings. The van der Waals surface area contributed by atoms with Crippen LogP contribution in [0.5, 0.6) is 23.0 Å². The van der Waals surface area contributed by atoms with Crippen molar-refractivity contribution in [3.8, 4) is 23.0 Å². The number of ether oxygens (including phenoxy) is 2. The zero-order valence-corrected chi connectivity index (χ0v) is 32.6. The minimum atomic E-state index is -3.06. The SMILES string of the molecule is NC(=O)CN1CC(Oc2ccc3c(c2C(=O)O)O[B-](O)(O)[C@H]2C[C@@H]32)C1.NC(=O)CN1CC(Oc2ccc3c(c2C(=O)O)O[B-](O)(O)[C@H]2C[C@@H]32)C1.[Na+].[Na+]. The van der Waals surface area contributed by atoms with Crippen molar-refractivity contribution >= 4 is 37.3 Å². The van der Waals surface area contributed by atoms with Gasteiger partial charge in [-0.25, -0.2) is 9.59 Å². The topological polar surface area (TPSA) is 285 Å². The number of hydrogen-bond donors (Lipinski definition) is 8. The smallest absolute Gasteiger partial charge is 0.669 e. The molecular weight excluding hydrogens is 708 g/mol. The largest absolute Gasteiger partial charge is 1.00 e. The van der Waals surface area contributed by atoms with Gasteiger partial charge in [0.2, 0.25) is 11.8 Å². The number of primary amides is 2. The molecule has 0 bridgehead atoms. The molecule has 4 atom stereocenters. The van der Waals surface area contributed by atoms with Crippen molar-refractivity contribution in [2.45, 2.75) is 48.5 Å². The predicted molar refractivity (Wildman–Crippen MR) is 171 cm³/mol. The van der Waals surface area contributed by atoms with Gasteiger partial charge in [-0.2, -0.15) is 0 Å². The van der Waals surface area contributed by atoms with E-state index < -0.39 is 37.3 Å². The van der Waals surface area contributed by atoms with Gasteiger partial charge in [0.15, 0.2) is 0 Å². The van der Waals surface area contributed by atoms with Crippen molar-refractivity contribution in [1.29, 1.82) is 0 Å². The van der Waals surface area contributed by atoms with Crippen molar-refractivity contribution < 1.29 is 127 Å². The van der Waals surface area contributed by atoms with Crippen molar-refractivity contribution in [1.82, 2.24) is 9.80 Å². The van der Waals surface area contributed by atoms with Crippen LogP contribution in [-0.4, -0.2) is 129 Å². The summed E-state index contributed by atoms with van der Waals surface area (Å²) < 4.78 is 22.0. The predicted octanol–water partition coefficient (Wildman–Crippen LogP) is -7.78. The zero-order valence-electron chi connectivity index (χ0n) is 28.6. The summed E-state index contributed by atoms with van der Waals surface area (Å²) in [5.74, 6) is -4.17. The Kier molecular flexibility index (Phi) is 11.6. The molecule has 52 heavy (non-hydrogen) atoms. The van der Waals surface area contributed by atoms with E-state index in [2.05, 4.69) is 0 Å². The normalized spacial score (nSPS) is 25.6. The Hall–Kier alpha value is -2.59. The molecule has 4 fully saturated rings. The van der Waals surface area contributed by atoms with Crippen LogP contribution in [0, 0.1) is 0 Å². The third-order valence-electron chi connectivity index (χ3n) is 10.1. The van der Waals surface area contributed by atoms with E-state index in [1.54, 1.807) is 34.1 Å². The van der Waals surface area contributed by atoms with E-state index in [0.717, 1.165) is 0 Å². The summed E-state index contributed by atoms with van der Waals surface area (Å²) in [5, 5.41) is 59.1. The Morgan fingerprint density at radius 1 is 0.673 bits per heavy atom. The van der Waals surface area contributed by atoms with Crippen LogP contribution in [0.1, 0.15) is 56.5 Å². The fourth-order valence-corrected chi connectivity index (χ4v) is 7.48. The summed E-state index contributed by atoms with van der Waals surface area (Å²) in [7, 11) is 0. The summed E-state index contributed by atoms with van der Waals surface area (Å²) in [6, 6.07) is 6.58. The average molecular weight is 744 g/mol. The van der Waals surface area contributed by atoms with Crippen LogP contribution in [0.4, 0.5) is 0 Å². The Morgan fingerprint density at radius 2 is 1.02 bits per heavy atom. The third kappa shape index (κ3) is 7.94. The number of amides is 2. The maximum Gasteiger partial charge on any atom is 1.00 e. The molecule has 0 spiro atoms. The van der Waals surface area contributed by atoms with Crippen LogP contribution in [0.2, 0.25) is 11.6 Å². The number of nitrogens with two attached hydrogens (primary N) is 2. The molecule has 4 heterocycles. The van der Waals surface area contributed by atoms with Crippen LogP contribution in [0.3, 0.4) is 0 Å². The van der Waals surface area contributed by atoms with Gasteiger partial charge in [0, 0.05) is 26.2 Å². The molecule has 4 aliphatic heterocycles. The number of benzene rings is 2. The van der Waals surface area contributed by atoms with E-state index in [-0.39, 0.29) is 142 Å². The Labute approximate surface area is 340 Å². The fraction of sp³-hybridized carbons (Fsp3) is 0.467. The van der Waals surface area contributed by atoms with Crippen LogP contribution in [-0.2, 0) is 9.59 Å². The van der Waals surface area contributed by atoms with E-state index in [4.69, 9.17) is 30.2 Å². The van der Waals surface area contributed by atoms with Gasteiger partial charge in [0.05, 0.1) is 24.6 Å². The first-order valence-corrected chi connectivity index (χ1v) is 16.2. The minimum Gasteiger partial charge on any atom is -0.669 e. The molecule has 0 radical (unpaired) electrons. The standard InChI is InChI=1S/2C15H18BN2O7.2Na/c2*17-12(19)6-18-4-7(5-18)24-11-2-1-8-9-3-10(9)16(22,23)25-14(8)13(11)15(20)21;;/h2*1-2,7,9-10,22-23H,3-6H2,(H2,17,19)(H,20,21);;/q2*-1;2*+1/t2*9-,10-;;/m00../s1. The van der Waals surface area contributed by atoms with Gasteiger partial charge in [0.25, 0.3) is 0 Å². The van der Waals surface area contributed by atoms with Crippen LogP contribution in [0.25, 0.3) is 0 Å². The molecule has 8 rings (SSSR count). The van der Waals surface area contributed by atoms with Crippen molar-refractivity contribution in [3.63, 3.8) is 0 Å². The maximum atomic E-state index is 11.7. The van der Waals surface area contributed by atoms with Gasteiger partial charge < -0.3 is 60.6 Å². The summed E-state index contributed by atoms with van der Waals surface area (Å²) >= 11 is 0.